The lowest BCUT2D eigenvalue weighted by Gasteiger charge is -2.28. The molecule has 0 heterocycles. The second-order valence-electron chi connectivity index (χ2n) is 7.42. The molecule has 0 amide bonds. The van der Waals surface area contributed by atoms with Crippen LogP contribution in [0.4, 0.5) is 0 Å². The van der Waals surface area contributed by atoms with Crippen LogP contribution in [-0.4, -0.2) is 12.6 Å². The summed E-state index contributed by atoms with van der Waals surface area (Å²) in [6.45, 7) is 4.82. The summed E-state index contributed by atoms with van der Waals surface area (Å²) >= 11 is 0. The van der Waals surface area contributed by atoms with Gasteiger partial charge in [0.05, 0.1) is 12.2 Å². The van der Waals surface area contributed by atoms with Crippen molar-refractivity contribution in [3.8, 4) is 11.5 Å². The van der Waals surface area contributed by atoms with Crippen LogP contribution in [0, 0.1) is 5.92 Å². The fourth-order valence-corrected chi connectivity index (χ4v) is 4.02. The number of ether oxygens (including phenoxy) is 2. The first-order chi connectivity index (χ1) is 13.2. The number of esters is 1. The Bertz CT molecular complexity index is 710. The molecule has 1 aliphatic rings. The highest BCUT2D eigenvalue weighted by molar-refractivity contribution is 5.91. The summed E-state index contributed by atoms with van der Waals surface area (Å²) in [5, 5.41) is 0. The molecule has 1 fully saturated rings. The van der Waals surface area contributed by atoms with E-state index < -0.39 is 0 Å². The van der Waals surface area contributed by atoms with E-state index in [1.165, 1.54) is 44.1 Å². The van der Waals surface area contributed by atoms with Gasteiger partial charge >= 0.3 is 5.97 Å². The fourth-order valence-electron chi connectivity index (χ4n) is 4.02. The van der Waals surface area contributed by atoms with E-state index in [1.807, 2.05) is 19.1 Å². The minimum atomic E-state index is -0.342. The Labute approximate surface area is 162 Å². The standard InChI is InChI=1S/C24H30O3/c1-3-5-18-6-8-19(9-7-18)20-10-16-23(17-11-20)27-24(25)21-12-14-22(15-13-21)26-4-2/h10-19H,3-9H2,1-2H3. The number of benzene rings is 2. The highest BCUT2D eigenvalue weighted by Crippen LogP contribution is 2.37. The van der Waals surface area contributed by atoms with Gasteiger partial charge in [0.1, 0.15) is 11.5 Å². The molecule has 0 N–H and O–H groups in total. The predicted octanol–water partition coefficient (Wildman–Crippen LogP) is 6.38. The van der Waals surface area contributed by atoms with Crippen molar-refractivity contribution in [2.45, 2.75) is 58.3 Å². The first-order valence-corrected chi connectivity index (χ1v) is 10.2. The van der Waals surface area contributed by atoms with Crippen molar-refractivity contribution in [1.82, 2.24) is 0 Å². The summed E-state index contributed by atoms with van der Waals surface area (Å²) in [5.41, 5.74) is 1.89. The zero-order valence-electron chi connectivity index (χ0n) is 16.4. The van der Waals surface area contributed by atoms with Crippen molar-refractivity contribution in [1.29, 1.82) is 0 Å². The average Bonchev–Trinajstić information content (AvgIpc) is 2.70. The second kappa shape index (κ2) is 9.59. The van der Waals surface area contributed by atoms with Crippen molar-refractivity contribution < 1.29 is 14.3 Å². The summed E-state index contributed by atoms with van der Waals surface area (Å²) in [7, 11) is 0. The molecule has 0 bridgehead atoms. The summed E-state index contributed by atoms with van der Waals surface area (Å²) in [4.78, 5) is 12.3. The van der Waals surface area contributed by atoms with E-state index in [4.69, 9.17) is 9.47 Å². The van der Waals surface area contributed by atoms with E-state index in [0.717, 1.165) is 11.7 Å². The van der Waals surface area contributed by atoms with Crippen LogP contribution in [0.1, 0.15) is 74.2 Å². The van der Waals surface area contributed by atoms with Crippen LogP contribution in [0.2, 0.25) is 0 Å². The molecule has 0 spiro atoms. The molecule has 0 saturated heterocycles. The maximum absolute atomic E-state index is 12.3. The molecule has 0 aromatic heterocycles. The number of rotatable bonds is 7. The van der Waals surface area contributed by atoms with Crippen molar-refractivity contribution in [3.05, 3.63) is 59.7 Å². The Kier molecular flexibility index (Phi) is 6.92. The van der Waals surface area contributed by atoms with Crippen LogP contribution in [0.3, 0.4) is 0 Å². The van der Waals surface area contributed by atoms with Crippen LogP contribution in [0.15, 0.2) is 48.5 Å². The van der Waals surface area contributed by atoms with E-state index in [9.17, 15) is 4.79 Å². The van der Waals surface area contributed by atoms with E-state index in [1.54, 1.807) is 24.3 Å². The van der Waals surface area contributed by atoms with E-state index in [2.05, 4.69) is 19.1 Å². The number of carbonyl (C=O) groups excluding carboxylic acids is 1. The molecule has 2 aromatic carbocycles. The average molecular weight is 367 g/mol. The molecule has 27 heavy (non-hydrogen) atoms. The van der Waals surface area contributed by atoms with Crippen LogP contribution in [0.25, 0.3) is 0 Å². The molecule has 0 radical (unpaired) electrons. The van der Waals surface area contributed by atoms with Crippen LogP contribution in [-0.2, 0) is 0 Å². The molecular formula is C24H30O3. The summed E-state index contributed by atoms with van der Waals surface area (Å²) < 4.78 is 10.9. The van der Waals surface area contributed by atoms with Gasteiger partial charge in [0.2, 0.25) is 0 Å². The van der Waals surface area contributed by atoms with Crippen molar-refractivity contribution in [2.75, 3.05) is 6.61 Å². The molecule has 0 aliphatic heterocycles. The molecular weight excluding hydrogens is 336 g/mol. The minimum Gasteiger partial charge on any atom is -0.494 e. The molecule has 1 saturated carbocycles. The molecule has 1 aliphatic carbocycles. The summed E-state index contributed by atoms with van der Waals surface area (Å²) in [6, 6.07) is 15.1. The first kappa shape index (κ1) is 19.5. The Hall–Kier alpha value is -2.29. The van der Waals surface area contributed by atoms with Gasteiger partial charge in [-0.1, -0.05) is 31.9 Å². The normalized spacial score (nSPS) is 19.5. The second-order valence-corrected chi connectivity index (χ2v) is 7.42. The SMILES string of the molecule is CCCC1CCC(c2ccc(OC(=O)c3ccc(OCC)cc3)cc2)CC1. The summed E-state index contributed by atoms with van der Waals surface area (Å²) in [6.07, 6.45) is 7.89. The lowest BCUT2D eigenvalue weighted by molar-refractivity contribution is 0.0734. The zero-order valence-corrected chi connectivity index (χ0v) is 16.4. The minimum absolute atomic E-state index is 0.342. The third-order valence-electron chi connectivity index (χ3n) is 5.51. The van der Waals surface area contributed by atoms with Crippen molar-refractivity contribution >= 4 is 5.97 Å². The summed E-state index contributed by atoms with van der Waals surface area (Å²) in [5.74, 6) is 2.57. The largest absolute Gasteiger partial charge is 0.494 e. The lowest BCUT2D eigenvalue weighted by Crippen LogP contribution is -2.13. The topological polar surface area (TPSA) is 35.5 Å². The molecule has 0 atom stereocenters. The van der Waals surface area contributed by atoms with Crippen LogP contribution >= 0.6 is 0 Å². The van der Waals surface area contributed by atoms with Gasteiger partial charge in [-0.2, -0.15) is 0 Å². The van der Waals surface area contributed by atoms with Crippen molar-refractivity contribution in [2.24, 2.45) is 5.92 Å². The van der Waals surface area contributed by atoms with Gasteiger partial charge in [0.15, 0.2) is 0 Å². The third-order valence-corrected chi connectivity index (χ3v) is 5.51. The van der Waals surface area contributed by atoms with Crippen LogP contribution < -0.4 is 9.47 Å². The number of hydrogen-bond donors (Lipinski definition) is 0. The third kappa shape index (κ3) is 5.35. The molecule has 3 rings (SSSR count). The van der Waals surface area contributed by atoms with E-state index in [0.29, 0.717) is 23.8 Å². The monoisotopic (exact) mass is 366 g/mol. The Morgan fingerprint density at radius 2 is 1.52 bits per heavy atom. The van der Waals surface area contributed by atoms with Gasteiger partial charge < -0.3 is 9.47 Å². The number of hydrogen-bond acceptors (Lipinski definition) is 3. The molecule has 3 nitrogen and oxygen atoms in total. The van der Waals surface area contributed by atoms with Gasteiger partial charge in [0, 0.05) is 0 Å². The highest BCUT2D eigenvalue weighted by Gasteiger charge is 2.21. The fraction of sp³-hybridized carbons (Fsp3) is 0.458. The van der Waals surface area contributed by atoms with Gasteiger partial charge in [-0.15, -0.1) is 0 Å². The van der Waals surface area contributed by atoms with E-state index in [-0.39, 0.29) is 5.97 Å². The quantitative estimate of drug-likeness (QED) is 0.421. The first-order valence-electron chi connectivity index (χ1n) is 10.2. The molecule has 144 valence electrons. The highest BCUT2D eigenvalue weighted by atomic mass is 16.5. The Balaban J connectivity index is 1.55. The smallest absolute Gasteiger partial charge is 0.343 e. The lowest BCUT2D eigenvalue weighted by atomic mass is 9.77. The van der Waals surface area contributed by atoms with Gasteiger partial charge in [-0.25, -0.2) is 4.79 Å². The van der Waals surface area contributed by atoms with Gasteiger partial charge in [-0.05, 0) is 86.4 Å². The maximum Gasteiger partial charge on any atom is 0.343 e. The van der Waals surface area contributed by atoms with Gasteiger partial charge in [-0.3, -0.25) is 0 Å². The number of carbonyl (C=O) groups is 1. The predicted molar refractivity (Wildman–Crippen MR) is 109 cm³/mol. The van der Waals surface area contributed by atoms with Gasteiger partial charge in [0.25, 0.3) is 0 Å². The van der Waals surface area contributed by atoms with Crippen LogP contribution in [0.5, 0.6) is 11.5 Å². The Morgan fingerprint density at radius 1 is 0.889 bits per heavy atom. The zero-order chi connectivity index (χ0) is 19.1. The Morgan fingerprint density at radius 3 is 2.11 bits per heavy atom. The maximum atomic E-state index is 12.3. The van der Waals surface area contributed by atoms with Crippen molar-refractivity contribution in [3.63, 3.8) is 0 Å². The van der Waals surface area contributed by atoms with E-state index >= 15 is 0 Å². The molecule has 2 aromatic rings. The molecule has 0 unspecified atom stereocenters. The molecule has 3 heteroatoms.